The normalized spacial score (nSPS) is 11.9. The maximum atomic E-state index is 11.8. The lowest BCUT2D eigenvalue weighted by Crippen LogP contribution is -2.28. The van der Waals surface area contributed by atoms with E-state index in [0.29, 0.717) is 18.9 Å². The van der Waals surface area contributed by atoms with Crippen molar-refractivity contribution >= 4 is 11.9 Å². The highest BCUT2D eigenvalue weighted by Crippen LogP contribution is 2.15. The van der Waals surface area contributed by atoms with E-state index in [1.807, 2.05) is 26.0 Å². The number of nitrogens with one attached hydrogen (secondary N) is 2. The maximum absolute atomic E-state index is 11.8. The van der Waals surface area contributed by atoms with Crippen molar-refractivity contribution in [3.05, 3.63) is 42.1 Å². The Balaban J connectivity index is 1.73. The first kappa shape index (κ1) is 14.0. The van der Waals surface area contributed by atoms with Crippen LogP contribution in [0.15, 0.2) is 35.0 Å². The van der Waals surface area contributed by atoms with Gasteiger partial charge in [0.05, 0.1) is 6.04 Å². The van der Waals surface area contributed by atoms with Gasteiger partial charge in [0.25, 0.3) is 0 Å². The lowest BCUT2D eigenvalue weighted by atomic mass is 10.2. The summed E-state index contributed by atoms with van der Waals surface area (Å²) in [5.74, 6) is 2.07. The molecule has 0 aliphatic heterocycles. The van der Waals surface area contributed by atoms with Gasteiger partial charge in [0, 0.05) is 25.4 Å². The van der Waals surface area contributed by atoms with Crippen LogP contribution in [0.1, 0.15) is 30.9 Å². The second-order valence-corrected chi connectivity index (χ2v) is 4.49. The molecule has 2 aromatic heterocycles. The average Bonchev–Trinajstić information content (AvgIpc) is 2.87. The fourth-order valence-corrected chi connectivity index (χ4v) is 1.75. The predicted octanol–water partition coefficient (Wildman–Crippen LogP) is 2.06. The van der Waals surface area contributed by atoms with Crippen LogP contribution in [0.25, 0.3) is 0 Å². The Labute approximate surface area is 117 Å². The topological polar surface area (TPSA) is 80.0 Å². The molecule has 0 aliphatic rings. The van der Waals surface area contributed by atoms with Crippen LogP contribution in [-0.4, -0.2) is 22.4 Å². The lowest BCUT2D eigenvalue weighted by molar-refractivity contribution is -0.121. The van der Waals surface area contributed by atoms with Gasteiger partial charge in [-0.3, -0.25) is 4.79 Å². The van der Waals surface area contributed by atoms with Crippen molar-refractivity contribution in [1.82, 2.24) is 15.3 Å². The number of rotatable bonds is 6. The molecule has 0 fully saturated rings. The molecule has 1 amide bonds. The summed E-state index contributed by atoms with van der Waals surface area (Å²) in [6, 6.07) is 5.36. The predicted molar refractivity (Wildman–Crippen MR) is 75.1 cm³/mol. The summed E-state index contributed by atoms with van der Waals surface area (Å²) in [6.07, 6.45) is 3.65. The first-order valence-electron chi connectivity index (χ1n) is 6.52. The molecular weight excluding hydrogens is 256 g/mol. The molecule has 2 heterocycles. The van der Waals surface area contributed by atoms with Gasteiger partial charge < -0.3 is 15.1 Å². The molecule has 106 valence electrons. The molecule has 6 heteroatoms. The number of nitrogens with zero attached hydrogens (tertiary/aromatic N) is 2. The molecular formula is C14H18N4O2. The van der Waals surface area contributed by atoms with Crippen molar-refractivity contribution in [3.8, 4) is 0 Å². The van der Waals surface area contributed by atoms with Crippen molar-refractivity contribution in [3.63, 3.8) is 0 Å². The van der Waals surface area contributed by atoms with Crippen LogP contribution in [-0.2, 0) is 4.79 Å². The molecule has 0 bridgehead atoms. The molecule has 0 saturated heterocycles. The Bertz CT molecular complexity index is 553. The number of aryl methyl sites for hydroxylation is 1. The molecule has 2 rings (SSSR count). The monoisotopic (exact) mass is 274 g/mol. The largest absolute Gasteiger partial charge is 0.464 e. The zero-order valence-electron chi connectivity index (χ0n) is 11.6. The molecule has 20 heavy (non-hydrogen) atoms. The molecule has 0 aromatic carbocycles. The van der Waals surface area contributed by atoms with Crippen molar-refractivity contribution < 1.29 is 9.21 Å². The Morgan fingerprint density at radius 1 is 1.35 bits per heavy atom. The summed E-state index contributed by atoms with van der Waals surface area (Å²) in [4.78, 5) is 19.8. The molecule has 2 N–H and O–H groups in total. The van der Waals surface area contributed by atoms with Crippen LogP contribution in [0.3, 0.4) is 0 Å². The highest BCUT2D eigenvalue weighted by Gasteiger charge is 2.12. The van der Waals surface area contributed by atoms with E-state index in [1.165, 1.54) is 0 Å². The van der Waals surface area contributed by atoms with Gasteiger partial charge in [0.15, 0.2) is 0 Å². The van der Waals surface area contributed by atoms with Gasteiger partial charge in [0.1, 0.15) is 11.5 Å². The van der Waals surface area contributed by atoms with Crippen LogP contribution < -0.4 is 10.6 Å². The minimum Gasteiger partial charge on any atom is -0.464 e. The van der Waals surface area contributed by atoms with Crippen molar-refractivity contribution in [2.75, 3.05) is 11.9 Å². The number of carbonyl (C=O) groups excluding carboxylic acids is 1. The fourth-order valence-electron chi connectivity index (χ4n) is 1.75. The summed E-state index contributed by atoms with van der Waals surface area (Å²) in [6.45, 7) is 4.26. The third-order valence-electron chi connectivity index (χ3n) is 2.77. The molecule has 0 saturated carbocycles. The van der Waals surface area contributed by atoms with E-state index in [2.05, 4.69) is 20.6 Å². The van der Waals surface area contributed by atoms with E-state index in [4.69, 9.17) is 4.42 Å². The average molecular weight is 274 g/mol. The van der Waals surface area contributed by atoms with E-state index in [0.717, 1.165) is 11.5 Å². The molecule has 0 spiro atoms. The standard InChI is InChI=1S/C14H18N4O2/c1-10-4-5-12(20-10)11(2)18-13(19)6-9-17-14-15-7-3-8-16-14/h3-5,7-8,11H,6,9H2,1-2H3,(H,18,19)(H,15,16,17)/t11-/m0/s1. The molecule has 2 aromatic rings. The van der Waals surface area contributed by atoms with Crippen molar-refractivity contribution in [2.45, 2.75) is 26.3 Å². The summed E-state index contributed by atoms with van der Waals surface area (Å²) in [5.41, 5.74) is 0. The van der Waals surface area contributed by atoms with Crippen LogP contribution in [0.4, 0.5) is 5.95 Å². The highest BCUT2D eigenvalue weighted by molar-refractivity contribution is 5.76. The van der Waals surface area contributed by atoms with Crippen LogP contribution in [0, 0.1) is 6.92 Å². The van der Waals surface area contributed by atoms with Gasteiger partial charge in [-0.05, 0) is 32.0 Å². The third-order valence-corrected chi connectivity index (χ3v) is 2.77. The van der Waals surface area contributed by atoms with E-state index < -0.39 is 0 Å². The molecule has 0 unspecified atom stereocenters. The number of amides is 1. The molecule has 6 nitrogen and oxygen atoms in total. The van der Waals surface area contributed by atoms with Gasteiger partial charge in [-0.25, -0.2) is 9.97 Å². The lowest BCUT2D eigenvalue weighted by Gasteiger charge is -2.11. The number of carbonyl (C=O) groups is 1. The Morgan fingerprint density at radius 3 is 2.75 bits per heavy atom. The number of anilines is 1. The summed E-state index contributed by atoms with van der Waals surface area (Å²) in [5, 5.41) is 5.87. The smallest absolute Gasteiger partial charge is 0.222 e. The first-order chi connectivity index (χ1) is 9.65. The molecule has 0 aliphatic carbocycles. The Kier molecular flexibility index (Phi) is 4.70. The Morgan fingerprint density at radius 2 is 2.10 bits per heavy atom. The first-order valence-corrected chi connectivity index (χ1v) is 6.52. The van der Waals surface area contributed by atoms with E-state index in [-0.39, 0.29) is 11.9 Å². The van der Waals surface area contributed by atoms with E-state index >= 15 is 0 Å². The summed E-state index contributed by atoms with van der Waals surface area (Å²) >= 11 is 0. The van der Waals surface area contributed by atoms with Gasteiger partial charge in [-0.1, -0.05) is 0 Å². The zero-order chi connectivity index (χ0) is 14.4. The molecule has 1 atom stereocenters. The van der Waals surface area contributed by atoms with Gasteiger partial charge >= 0.3 is 0 Å². The second kappa shape index (κ2) is 6.70. The number of furan rings is 1. The van der Waals surface area contributed by atoms with Crippen molar-refractivity contribution in [1.29, 1.82) is 0 Å². The van der Waals surface area contributed by atoms with E-state index in [1.54, 1.807) is 18.5 Å². The molecule has 0 radical (unpaired) electrons. The van der Waals surface area contributed by atoms with Crippen LogP contribution >= 0.6 is 0 Å². The summed E-state index contributed by atoms with van der Waals surface area (Å²) in [7, 11) is 0. The quantitative estimate of drug-likeness (QED) is 0.842. The van der Waals surface area contributed by atoms with Gasteiger partial charge in [-0.15, -0.1) is 0 Å². The highest BCUT2D eigenvalue weighted by atomic mass is 16.3. The SMILES string of the molecule is Cc1ccc([C@H](C)NC(=O)CCNc2ncccn2)o1. The fraction of sp³-hybridized carbons (Fsp3) is 0.357. The maximum Gasteiger partial charge on any atom is 0.222 e. The second-order valence-electron chi connectivity index (χ2n) is 4.49. The van der Waals surface area contributed by atoms with Gasteiger partial charge in [0.2, 0.25) is 11.9 Å². The summed E-state index contributed by atoms with van der Waals surface area (Å²) < 4.78 is 5.47. The number of hydrogen-bond donors (Lipinski definition) is 2. The number of hydrogen-bond acceptors (Lipinski definition) is 5. The minimum absolute atomic E-state index is 0.0463. The van der Waals surface area contributed by atoms with Crippen LogP contribution in [0.2, 0.25) is 0 Å². The van der Waals surface area contributed by atoms with E-state index in [9.17, 15) is 4.79 Å². The zero-order valence-corrected chi connectivity index (χ0v) is 11.6. The van der Waals surface area contributed by atoms with Crippen molar-refractivity contribution in [2.24, 2.45) is 0 Å². The third kappa shape index (κ3) is 4.08. The minimum atomic E-state index is -0.135. The van der Waals surface area contributed by atoms with Crippen LogP contribution in [0.5, 0.6) is 0 Å². The Hall–Kier alpha value is -2.37. The number of aromatic nitrogens is 2. The van der Waals surface area contributed by atoms with Gasteiger partial charge in [-0.2, -0.15) is 0 Å².